The van der Waals surface area contributed by atoms with Gasteiger partial charge in [0.1, 0.15) is 5.56 Å². The number of likely N-dealkylation sites (tertiary alicyclic amines) is 1. The Balaban J connectivity index is 1.84. The van der Waals surface area contributed by atoms with Crippen LogP contribution in [0, 0.1) is 12.8 Å². The van der Waals surface area contributed by atoms with Crippen molar-refractivity contribution in [3.8, 4) is 0 Å². The molecule has 0 aliphatic carbocycles. The summed E-state index contributed by atoms with van der Waals surface area (Å²) in [6.45, 7) is 3.74. The Bertz CT molecular complexity index is 696. The molecule has 5 nitrogen and oxygen atoms in total. The van der Waals surface area contributed by atoms with E-state index in [-0.39, 0.29) is 30.5 Å². The van der Waals surface area contributed by atoms with Gasteiger partial charge >= 0.3 is 0 Å². The number of aromatic nitrogens is 1. The van der Waals surface area contributed by atoms with Gasteiger partial charge in [-0.15, -0.1) is 0 Å². The molecule has 25 heavy (non-hydrogen) atoms. The predicted octanol–water partition coefficient (Wildman–Crippen LogP) is 2.03. The summed E-state index contributed by atoms with van der Waals surface area (Å²) in [6, 6.07) is 1.73. The topological polar surface area (TPSA) is 54.3 Å². The lowest BCUT2D eigenvalue weighted by molar-refractivity contribution is -0.0561. The van der Waals surface area contributed by atoms with Gasteiger partial charge in [0.2, 0.25) is 0 Å². The zero-order valence-electron chi connectivity index (χ0n) is 14.6. The van der Waals surface area contributed by atoms with Crippen molar-refractivity contribution in [2.75, 3.05) is 26.2 Å². The molecule has 1 amide bonds. The van der Waals surface area contributed by atoms with Crippen molar-refractivity contribution in [1.29, 1.82) is 0 Å². The molecule has 0 aromatic carbocycles. The van der Waals surface area contributed by atoms with Crippen LogP contribution >= 0.6 is 0 Å². The molecule has 2 fully saturated rings. The highest BCUT2D eigenvalue weighted by molar-refractivity contribution is 5.95. The molecule has 1 aromatic heterocycles. The normalized spacial score (nSPS) is 23.5. The maximum Gasteiger partial charge on any atom is 0.265 e. The first kappa shape index (κ1) is 18.0. The first-order valence-electron chi connectivity index (χ1n) is 8.95. The fourth-order valence-corrected chi connectivity index (χ4v) is 3.72. The van der Waals surface area contributed by atoms with Crippen molar-refractivity contribution >= 4 is 5.91 Å². The molecule has 7 heteroatoms. The van der Waals surface area contributed by atoms with Crippen molar-refractivity contribution in [3.05, 3.63) is 33.7 Å². The zero-order valence-corrected chi connectivity index (χ0v) is 14.6. The number of hydrogen-bond donors (Lipinski definition) is 1. The maximum atomic E-state index is 13.6. The monoisotopic (exact) mass is 353 g/mol. The number of nitrogens with one attached hydrogen (secondary N) is 1. The van der Waals surface area contributed by atoms with E-state index in [1.807, 2.05) is 0 Å². The highest BCUT2D eigenvalue weighted by atomic mass is 19.3. The van der Waals surface area contributed by atoms with Crippen LogP contribution in [0.2, 0.25) is 0 Å². The van der Waals surface area contributed by atoms with E-state index in [9.17, 15) is 18.4 Å². The molecule has 3 heterocycles. The Hall–Kier alpha value is -1.76. The molecule has 3 rings (SSSR count). The number of hydrogen-bond acceptors (Lipinski definition) is 3. The third-order valence-corrected chi connectivity index (χ3v) is 5.12. The lowest BCUT2D eigenvalue weighted by Crippen LogP contribution is -2.47. The number of amides is 1. The van der Waals surface area contributed by atoms with Gasteiger partial charge < -0.3 is 14.8 Å². The summed E-state index contributed by atoms with van der Waals surface area (Å²) < 4.78 is 28.8. The van der Waals surface area contributed by atoms with Crippen molar-refractivity contribution < 1.29 is 13.6 Å². The van der Waals surface area contributed by atoms with E-state index in [4.69, 9.17) is 0 Å². The number of pyridine rings is 1. The fourth-order valence-electron chi connectivity index (χ4n) is 3.72. The second-order valence-corrected chi connectivity index (χ2v) is 7.23. The molecular weight excluding hydrogens is 328 g/mol. The standard InChI is InChI=1S/C18H25F2N3O2/c1-13-5-9-22(11-14-4-2-7-21-10-14)16(24)15(13)17(25)23-8-3-6-18(19,20)12-23/h5,9,14,21H,2-4,6-8,10-12H2,1H3. The molecule has 2 aliphatic heterocycles. The second-order valence-electron chi connectivity index (χ2n) is 7.23. The van der Waals surface area contributed by atoms with Gasteiger partial charge in [-0.05, 0) is 56.8 Å². The Kier molecular flexibility index (Phi) is 5.22. The van der Waals surface area contributed by atoms with Crippen LogP contribution < -0.4 is 10.9 Å². The molecule has 2 saturated heterocycles. The predicted molar refractivity (Wildman–Crippen MR) is 91.1 cm³/mol. The Morgan fingerprint density at radius 3 is 2.88 bits per heavy atom. The van der Waals surface area contributed by atoms with Crippen molar-refractivity contribution in [3.63, 3.8) is 0 Å². The van der Waals surface area contributed by atoms with Crippen LogP contribution in [-0.2, 0) is 6.54 Å². The summed E-state index contributed by atoms with van der Waals surface area (Å²) in [5, 5.41) is 3.31. The highest BCUT2D eigenvalue weighted by Gasteiger charge is 2.38. The van der Waals surface area contributed by atoms with Gasteiger partial charge in [0.15, 0.2) is 0 Å². The minimum absolute atomic E-state index is 0.0315. The highest BCUT2D eigenvalue weighted by Crippen LogP contribution is 2.27. The van der Waals surface area contributed by atoms with Crippen LogP contribution in [0.4, 0.5) is 8.78 Å². The van der Waals surface area contributed by atoms with E-state index in [2.05, 4.69) is 5.32 Å². The molecule has 138 valence electrons. The van der Waals surface area contributed by atoms with Gasteiger partial charge in [-0.25, -0.2) is 8.78 Å². The first-order chi connectivity index (χ1) is 11.9. The molecule has 0 spiro atoms. The molecular formula is C18H25F2N3O2. The molecule has 1 aromatic rings. The lowest BCUT2D eigenvalue weighted by Gasteiger charge is -2.32. The number of piperidine rings is 2. The van der Waals surface area contributed by atoms with E-state index < -0.39 is 18.4 Å². The minimum Gasteiger partial charge on any atom is -0.332 e. The summed E-state index contributed by atoms with van der Waals surface area (Å²) in [5.74, 6) is -3.10. The quantitative estimate of drug-likeness (QED) is 0.905. The number of carbonyl (C=O) groups excluding carboxylic acids is 1. The molecule has 2 aliphatic rings. The molecule has 0 radical (unpaired) electrons. The lowest BCUT2D eigenvalue weighted by atomic mass is 9.99. The van der Waals surface area contributed by atoms with Crippen LogP contribution in [0.25, 0.3) is 0 Å². The third-order valence-electron chi connectivity index (χ3n) is 5.12. The summed E-state index contributed by atoms with van der Waals surface area (Å²) in [6.07, 6.45) is 3.86. The van der Waals surface area contributed by atoms with Gasteiger partial charge in [0, 0.05) is 25.7 Å². The van der Waals surface area contributed by atoms with Crippen LogP contribution in [0.1, 0.15) is 41.6 Å². The summed E-state index contributed by atoms with van der Waals surface area (Å²) >= 11 is 0. The smallest absolute Gasteiger partial charge is 0.265 e. The van der Waals surface area contributed by atoms with Gasteiger partial charge in [-0.3, -0.25) is 9.59 Å². The average Bonchev–Trinajstić information content (AvgIpc) is 2.57. The van der Waals surface area contributed by atoms with Gasteiger partial charge in [0.05, 0.1) is 6.54 Å². The van der Waals surface area contributed by atoms with Crippen LogP contribution in [-0.4, -0.2) is 47.5 Å². The number of nitrogens with zero attached hydrogens (tertiary/aromatic N) is 2. The summed E-state index contributed by atoms with van der Waals surface area (Å²) in [4.78, 5) is 26.7. The molecule has 0 saturated carbocycles. The Morgan fingerprint density at radius 2 is 2.20 bits per heavy atom. The van der Waals surface area contributed by atoms with Crippen molar-refractivity contribution in [2.45, 2.75) is 45.1 Å². The number of rotatable bonds is 3. The molecule has 1 unspecified atom stereocenters. The van der Waals surface area contributed by atoms with Crippen molar-refractivity contribution in [2.24, 2.45) is 5.92 Å². The molecule has 1 N–H and O–H groups in total. The number of alkyl halides is 2. The second kappa shape index (κ2) is 7.23. The summed E-state index contributed by atoms with van der Waals surface area (Å²) in [5.41, 5.74) is 0.204. The fraction of sp³-hybridized carbons (Fsp3) is 0.667. The SMILES string of the molecule is Cc1ccn(CC2CCCNC2)c(=O)c1C(=O)N1CCCC(F)(F)C1. The minimum atomic E-state index is -2.87. The van der Waals surface area contributed by atoms with Gasteiger partial charge in [0.25, 0.3) is 17.4 Å². The Labute approximate surface area is 146 Å². The zero-order chi connectivity index (χ0) is 18.0. The third kappa shape index (κ3) is 4.08. The summed E-state index contributed by atoms with van der Waals surface area (Å²) in [7, 11) is 0. The molecule has 0 bridgehead atoms. The maximum absolute atomic E-state index is 13.6. The van der Waals surface area contributed by atoms with Crippen LogP contribution in [0.15, 0.2) is 17.1 Å². The number of aryl methyl sites for hydroxylation is 1. The van der Waals surface area contributed by atoms with E-state index in [0.29, 0.717) is 18.0 Å². The van der Waals surface area contributed by atoms with Crippen LogP contribution in [0.3, 0.4) is 0 Å². The molecule has 1 atom stereocenters. The van der Waals surface area contributed by atoms with Crippen molar-refractivity contribution in [1.82, 2.24) is 14.8 Å². The average molecular weight is 353 g/mol. The number of halogens is 2. The van der Waals surface area contributed by atoms with Gasteiger partial charge in [-0.2, -0.15) is 0 Å². The van der Waals surface area contributed by atoms with E-state index in [0.717, 1.165) is 30.8 Å². The van der Waals surface area contributed by atoms with Crippen LogP contribution in [0.5, 0.6) is 0 Å². The number of carbonyl (C=O) groups is 1. The van der Waals surface area contributed by atoms with E-state index in [1.54, 1.807) is 23.8 Å². The largest absolute Gasteiger partial charge is 0.332 e. The van der Waals surface area contributed by atoms with Gasteiger partial charge in [-0.1, -0.05) is 0 Å². The first-order valence-corrected chi connectivity index (χ1v) is 8.95. The van der Waals surface area contributed by atoms with E-state index >= 15 is 0 Å². The van der Waals surface area contributed by atoms with E-state index in [1.165, 1.54) is 0 Å². The Morgan fingerprint density at radius 1 is 1.40 bits per heavy atom.